The molecule has 0 N–H and O–H groups in total. The number of hydrogen-bond donors (Lipinski definition) is 0. The van der Waals surface area contributed by atoms with Gasteiger partial charge in [0.05, 0.1) is 0 Å². The van der Waals surface area contributed by atoms with Gasteiger partial charge in [0.2, 0.25) is 0 Å². The van der Waals surface area contributed by atoms with Crippen LogP contribution in [0.3, 0.4) is 0 Å². The fraction of sp³-hybridized carbons (Fsp3) is 0.400. The number of hydrogen-bond acceptors (Lipinski definition) is 1. The zero-order valence-corrected chi connectivity index (χ0v) is 12.1. The van der Waals surface area contributed by atoms with Crippen molar-refractivity contribution >= 4 is 11.8 Å². The van der Waals surface area contributed by atoms with Gasteiger partial charge in [-0.25, -0.2) is 9.07 Å². The maximum atomic E-state index is 6.18. The van der Waals surface area contributed by atoms with Crippen LogP contribution in [0.25, 0.3) is 11.4 Å². The second-order valence-corrected chi connectivity index (χ2v) is 5.55. The molecule has 1 aromatic heterocycles. The fourth-order valence-electron chi connectivity index (χ4n) is 2.27. The molecule has 0 aliphatic carbocycles. The van der Waals surface area contributed by atoms with E-state index in [0.717, 1.165) is 5.82 Å². The van der Waals surface area contributed by atoms with Gasteiger partial charge >= 0.3 is 0 Å². The molecule has 0 aliphatic rings. The van der Waals surface area contributed by atoms with Crippen molar-refractivity contribution in [3.63, 3.8) is 0 Å². The summed E-state index contributed by atoms with van der Waals surface area (Å²) in [5.41, 5.74) is 3.78. The topological polar surface area (TPSA) is 17.8 Å². The third-order valence-corrected chi connectivity index (χ3v) is 3.47. The monoisotopic (exact) mass is 262 g/mol. The number of imidazole rings is 1. The lowest BCUT2D eigenvalue weighted by molar-refractivity contribution is 0.834. The molecule has 96 valence electrons. The molecule has 0 aliphatic heterocycles. The van der Waals surface area contributed by atoms with Crippen LogP contribution in [0.4, 0.5) is 0 Å². The third kappa shape index (κ3) is 2.30. The molecule has 2 nitrogen and oxygen atoms in total. The van der Waals surface area contributed by atoms with Crippen molar-refractivity contribution < 1.29 is 0 Å². The normalized spacial score (nSPS) is 11.5. The van der Waals surface area contributed by atoms with E-state index >= 15 is 0 Å². The molecule has 0 fully saturated rings. The average molecular weight is 263 g/mol. The first-order valence-electron chi connectivity index (χ1n) is 6.35. The van der Waals surface area contributed by atoms with Crippen LogP contribution in [0.5, 0.6) is 0 Å². The molecule has 1 aromatic carbocycles. The van der Waals surface area contributed by atoms with Crippen molar-refractivity contribution in [1.82, 2.24) is 9.07 Å². The summed E-state index contributed by atoms with van der Waals surface area (Å²) in [7, 11) is 0. The molecular weight excluding hydrogens is 244 g/mol. The van der Waals surface area contributed by atoms with Gasteiger partial charge in [0, 0.05) is 29.7 Å². The molecule has 2 rings (SSSR count). The van der Waals surface area contributed by atoms with E-state index in [2.05, 4.69) is 50.9 Å². The summed E-state index contributed by atoms with van der Waals surface area (Å²) in [5, 5.41) is 0. The van der Waals surface area contributed by atoms with E-state index in [1.54, 1.807) is 16.5 Å². The fourth-order valence-corrected chi connectivity index (χ4v) is 2.45. The van der Waals surface area contributed by atoms with Crippen molar-refractivity contribution in [3.05, 3.63) is 41.7 Å². The molecule has 1 heterocycles. The summed E-state index contributed by atoms with van der Waals surface area (Å²) in [5.74, 6) is 1.74. The number of rotatable bonds is 3. The minimum Gasteiger partial charge on any atom is -0.242 e. The second kappa shape index (κ2) is 5.15. The Kier molecular flexibility index (Phi) is 3.76. The highest BCUT2D eigenvalue weighted by molar-refractivity contribution is 6.16. The molecule has 2 aromatic rings. The quantitative estimate of drug-likeness (QED) is 0.777. The van der Waals surface area contributed by atoms with Gasteiger partial charge in [-0.3, -0.25) is 0 Å². The lowest BCUT2D eigenvalue weighted by Crippen LogP contribution is -2.02. The smallest absolute Gasteiger partial charge is 0.155 e. The standard InChI is InChI=1S/C15H19ClN2/c1-10(2)12-6-5-7-13(11(3)4)14(12)15-17-8-9-18(15)16/h5-11H,1-4H3. The van der Waals surface area contributed by atoms with Gasteiger partial charge in [-0.2, -0.15) is 0 Å². The first-order valence-corrected chi connectivity index (χ1v) is 6.68. The van der Waals surface area contributed by atoms with E-state index in [1.807, 2.05) is 0 Å². The zero-order chi connectivity index (χ0) is 13.3. The van der Waals surface area contributed by atoms with Crippen LogP contribution in [-0.2, 0) is 0 Å². The van der Waals surface area contributed by atoms with Crippen LogP contribution in [0.2, 0.25) is 0 Å². The Morgan fingerprint density at radius 1 is 1.06 bits per heavy atom. The molecule has 0 saturated carbocycles. The summed E-state index contributed by atoms with van der Waals surface area (Å²) in [4.78, 5) is 4.40. The highest BCUT2D eigenvalue weighted by Crippen LogP contribution is 2.35. The van der Waals surface area contributed by atoms with E-state index in [-0.39, 0.29) is 0 Å². The van der Waals surface area contributed by atoms with Crippen LogP contribution in [0.1, 0.15) is 50.7 Å². The number of benzene rings is 1. The van der Waals surface area contributed by atoms with Crippen molar-refractivity contribution in [3.8, 4) is 11.4 Å². The predicted octanol–water partition coefficient (Wildman–Crippen LogP) is 4.80. The van der Waals surface area contributed by atoms with E-state index in [0.29, 0.717) is 11.8 Å². The largest absolute Gasteiger partial charge is 0.242 e. The maximum Gasteiger partial charge on any atom is 0.155 e. The van der Waals surface area contributed by atoms with E-state index in [4.69, 9.17) is 11.8 Å². The molecule has 0 radical (unpaired) electrons. The summed E-state index contributed by atoms with van der Waals surface area (Å²) in [6.07, 6.45) is 3.52. The van der Waals surface area contributed by atoms with Gasteiger partial charge in [0.25, 0.3) is 0 Å². The SMILES string of the molecule is CC(C)c1cccc(C(C)C)c1-c1nccn1Cl. The Labute approximate surface area is 114 Å². The molecule has 0 spiro atoms. The van der Waals surface area contributed by atoms with Gasteiger partial charge < -0.3 is 0 Å². The Balaban J connectivity index is 2.72. The first kappa shape index (κ1) is 13.2. The van der Waals surface area contributed by atoms with E-state index < -0.39 is 0 Å². The van der Waals surface area contributed by atoms with Gasteiger partial charge in [0.1, 0.15) is 0 Å². The average Bonchev–Trinajstić information content (AvgIpc) is 2.74. The minimum absolute atomic E-state index is 0.451. The number of halogens is 1. The van der Waals surface area contributed by atoms with Crippen molar-refractivity contribution in [2.24, 2.45) is 0 Å². The third-order valence-electron chi connectivity index (χ3n) is 3.19. The van der Waals surface area contributed by atoms with Crippen molar-refractivity contribution in [2.45, 2.75) is 39.5 Å². The van der Waals surface area contributed by atoms with E-state index in [9.17, 15) is 0 Å². The van der Waals surface area contributed by atoms with Gasteiger partial charge in [-0.05, 0) is 23.0 Å². The summed E-state index contributed by atoms with van der Waals surface area (Å²) < 4.78 is 1.58. The molecule has 0 bridgehead atoms. The Morgan fingerprint density at radius 2 is 1.61 bits per heavy atom. The van der Waals surface area contributed by atoms with Crippen molar-refractivity contribution in [2.75, 3.05) is 0 Å². The second-order valence-electron chi connectivity index (χ2n) is 5.18. The molecule has 3 heteroatoms. The van der Waals surface area contributed by atoms with Gasteiger partial charge in [-0.1, -0.05) is 45.9 Å². The minimum atomic E-state index is 0.451. The molecule has 0 saturated heterocycles. The first-order chi connectivity index (χ1) is 8.52. The Bertz CT molecular complexity index is 515. The lowest BCUT2D eigenvalue weighted by Gasteiger charge is -2.18. The van der Waals surface area contributed by atoms with Gasteiger partial charge in [-0.15, -0.1) is 0 Å². The zero-order valence-electron chi connectivity index (χ0n) is 11.3. The summed E-state index contributed by atoms with van der Waals surface area (Å²) >= 11 is 6.18. The lowest BCUT2D eigenvalue weighted by atomic mass is 9.88. The predicted molar refractivity (Wildman–Crippen MR) is 77.1 cm³/mol. The molecular formula is C15H19ClN2. The molecule has 0 amide bonds. The van der Waals surface area contributed by atoms with Crippen molar-refractivity contribution in [1.29, 1.82) is 0 Å². The van der Waals surface area contributed by atoms with Crippen LogP contribution in [-0.4, -0.2) is 9.07 Å². The van der Waals surface area contributed by atoms with Crippen LogP contribution in [0, 0.1) is 0 Å². The summed E-state index contributed by atoms with van der Waals surface area (Å²) in [6.45, 7) is 8.80. The maximum absolute atomic E-state index is 6.18. The molecule has 0 atom stereocenters. The Morgan fingerprint density at radius 3 is 2.00 bits per heavy atom. The summed E-state index contributed by atoms with van der Waals surface area (Å²) in [6, 6.07) is 6.45. The Hall–Kier alpha value is -1.28. The van der Waals surface area contributed by atoms with Gasteiger partial charge in [0.15, 0.2) is 5.82 Å². The number of nitrogens with zero attached hydrogens (tertiary/aromatic N) is 2. The number of aromatic nitrogens is 2. The molecule has 0 unspecified atom stereocenters. The highest BCUT2D eigenvalue weighted by Gasteiger charge is 2.18. The van der Waals surface area contributed by atoms with Crippen LogP contribution >= 0.6 is 11.8 Å². The van der Waals surface area contributed by atoms with Crippen LogP contribution in [0.15, 0.2) is 30.6 Å². The highest BCUT2D eigenvalue weighted by atomic mass is 35.5. The molecule has 18 heavy (non-hydrogen) atoms. The van der Waals surface area contributed by atoms with E-state index in [1.165, 1.54) is 16.7 Å². The van der Waals surface area contributed by atoms with Crippen LogP contribution < -0.4 is 0 Å².